The topological polar surface area (TPSA) is 119 Å². The van der Waals surface area contributed by atoms with Gasteiger partial charge in [-0.25, -0.2) is 4.79 Å². The van der Waals surface area contributed by atoms with Crippen molar-refractivity contribution in [1.29, 1.82) is 5.26 Å². The van der Waals surface area contributed by atoms with E-state index in [1.54, 1.807) is 18.2 Å². The minimum atomic E-state index is -0.674. The zero-order chi connectivity index (χ0) is 18.7. The van der Waals surface area contributed by atoms with Crippen LogP contribution in [-0.2, 0) is 11.3 Å². The smallest absolute Gasteiger partial charge is 0.326 e. The van der Waals surface area contributed by atoms with Gasteiger partial charge < -0.3 is 10.3 Å². The van der Waals surface area contributed by atoms with E-state index in [0.29, 0.717) is 15.8 Å². The maximum Gasteiger partial charge on any atom is 0.326 e. The summed E-state index contributed by atoms with van der Waals surface area (Å²) in [6.07, 6.45) is 0. The Kier molecular flexibility index (Phi) is 5.46. The van der Waals surface area contributed by atoms with E-state index in [1.807, 2.05) is 12.1 Å². The summed E-state index contributed by atoms with van der Waals surface area (Å²) in [6, 6.07) is 9.14. The second-order valence-electron chi connectivity index (χ2n) is 5.18. The number of aromatic nitrogens is 2. The van der Waals surface area contributed by atoms with Crippen LogP contribution in [0.5, 0.6) is 0 Å². The van der Waals surface area contributed by atoms with Gasteiger partial charge in [-0.15, -0.1) is 23.1 Å². The van der Waals surface area contributed by atoms with Gasteiger partial charge in [-0.3, -0.25) is 14.6 Å². The Hall–Kier alpha value is -2.54. The zero-order valence-corrected chi connectivity index (χ0v) is 15.5. The van der Waals surface area contributed by atoms with Crippen LogP contribution >= 0.6 is 34.7 Å². The molecular weight excluding hydrogens is 396 g/mol. The Bertz CT molecular complexity index is 1140. The molecule has 7 nitrogen and oxygen atoms in total. The molecule has 2 heterocycles. The highest BCUT2D eigenvalue weighted by atomic mass is 35.5. The first kappa shape index (κ1) is 18.3. The third kappa shape index (κ3) is 3.99. The van der Waals surface area contributed by atoms with E-state index in [0.717, 1.165) is 28.7 Å². The molecule has 0 atom stereocenters. The Morgan fingerprint density at radius 1 is 1.35 bits per heavy atom. The number of thiophene rings is 1. The molecule has 0 aliphatic heterocycles. The quantitative estimate of drug-likeness (QED) is 0.561. The van der Waals surface area contributed by atoms with Crippen LogP contribution in [0.25, 0.3) is 10.2 Å². The molecule has 0 unspecified atom stereocenters. The van der Waals surface area contributed by atoms with Crippen LogP contribution in [0.15, 0.2) is 38.1 Å². The highest BCUT2D eigenvalue weighted by Gasteiger charge is 2.17. The van der Waals surface area contributed by atoms with Crippen LogP contribution in [0.4, 0.5) is 0 Å². The van der Waals surface area contributed by atoms with Gasteiger partial charge in [0.15, 0.2) is 0 Å². The zero-order valence-electron chi connectivity index (χ0n) is 13.1. The molecule has 0 saturated heterocycles. The number of hydrogen-bond acceptors (Lipinski definition) is 6. The number of nitriles is 1. The van der Waals surface area contributed by atoms with Gasteiger partial charge in [-0.1, -0.05) is 23.7 Å². The summed E-state index contributed by atoms with van der Waals surface area (Å²) < 4.78 is 0.760. The molecule has 26 heavy (non-hydrogen) atoms. The minimum absolute atomic E-state index is 0.0736. The fraction of sp³-hybridized carbons (Fsp3) is 0.125. The molecule has 0 aliphatic carbocycles. The highest BCUT2D eigenvalue weighted by Crippen LogP contribution is 2.34. The molecule has 3 aromatic rings. The van der Waals surface area contributed by atoms with Gasteiger partial charge in [0.2, 0.25) is 5.91 Å². The van der Waals surface area contributed by atoms with E-state index >= 15 is 0 Å². The van der Waals surface area contributed by atoms with Gasteiger partial charge in [0, 0.05) is 11.6 Å². The number of hydrogen-bond donors (Lipinski definition) is 3. The third-order valence-corrected chi connectivity index (χ3v) is 6.07. The summed E-state index contributed by atoms with van der Waals surface area (Å²) in [5.41, 5.74) is 0.0450. The number of thioether (sulfide) groups is 1. The predicted molar refractivity (Wildman–Crippen MR) is 102 cm³/mol. The normalized spacial score (nSPS) is 10.6. The number of nitrogens with one attached hydrogen (secondary N) is 3. The summed E-state index contributed by atoms with van der Waals surface area (Å²) in [5.74, 6) is -0.150. The lowest BCUT2D eigenvalue weighted by molar-refractivity contribution is -0.118. The second kappa shape index (κ2) is 7.78. The average Bonchev–Trinajstić information content (AvgIpc) is 2.96. The molecule has 0 aliphatic rings. The van der Waals surface area contributed by atoms with Gasteiger partial charge in [0.25, 0.3) is 5.56 Å². The first-order valence-electron chi connectivity index (χ1n) is 7.31. The lowest BCUT2D eigenvalue weighted by Crippen LogP contribution is -2.24. The van der Waals surface area contributed by atoms with Crippen LogP contribution in [0.3, 0.4) is 0 Å². The molecule has 0 radical (unpaired) electrons. The van der Waals surface area contributed by atoms with Crippen molar-refractivity contribution in [3.8, 4) is 6.07 Å². The molecule has 3 rings (SSSR count). The summed E-state index contributed by atoms with van der Waals surface area (Å²) in [7, 11) is 0. The van der Waals surface area contributed by atoms with E-state index in [2.05, 4.69) is 15.3 Å². The standard InChI is InChI=1S/C16H11ClN4O3S2/c17-9-3-1-2-8(4-9)6-19-11(22)7-25-15-10(5-18)12-13(26-15)14(23)21-16(24)20-12/h1-4H,6-7H2,(H,19,22)(H2,20,21,23,24). The largest absolute Gasteiger partial charge is 0.351 e. The maximum atomic E-state index is 12.0. The first-order valence-corrected chi connectivity index (χ1v) is 9.49. The minimum Gasteiger partial charge on any atom is -0.351 e. The number of nitrogens with zero attached hydrogens (tertiary/aromatic N) is 1. The molecule has 1 amide bonds. The Morgan fingerprint density at radius 2 is 2.15 bits per heavy atom. The number of rotatable bonds is 5. The number of carbonyl (C=O) groups excluding carboxylic acids is 1. The van der Waals surface area contributed by atoms with Crippen molar-refractivity contribution < 1.29 is 4.79 Å². The van der Waals surface area contributed by atoms with Crippen molar-refractivity contribution in [2.75, 3.05) is 5.75 Å². The molecule has 3 N–H and O–H groups in total. The van der Waals surface area contributed by atoms with Gasteiger partial charge in [-0.2, -0.15) is 5.26 Å². The summed E-state index contributed by atoms with van der Waals surface area (Å²) in [6.45, 7) is 0.338. The van der Waals surface area contributed by atoms with E-state index in [4.69, 9.17) is 11.6 Å². The van der Waals surface area contributed by atoms with E-state index in [9.17, 15) is 19.6 Å². The maximum absolute atomic E-state index is 12.0. The Balaban J connectivity index is 1.70. The molecule has 1 aromatic carbocycles. The fourth-order valence-electron chi connectivity index (χ4n) is 2.23. The summed E-state index contributed by atoms with van der Waals surface area (Å²) >= 11 is 8.11. The SMILES string of the molecule is N#Cc1c(SCC(=O)NCc2cccc(Cl)c2)sc2c(=O)[nH]c(=O)[nH]c12. The van der Waals surface area contributed by atoms with Gasteiger partial charge in [0.05, 0.1) is 15.5 Å². The van der Waals surface area contributed by atoms with Crippen molar-refractivity contribution in [1.82, 2.24) is 15.3 Å². The van der Waals surface area contributed by atoms with Crippen molar-refractivity contribution >= 4 is 50.8 Å². The van der Waals surface area contributed by atoms with E-state index in [-0.39, 0.29) is 27.4 Å². The molecule has 0 spiro atoms. The molecule has 2 aromatic heterocycles. The van der Waals surface area contributed by atoms with Crippen molar-refractivity contribution in [3.63, 3.8) is 0 Å². The van der Waals surface area contributed by atoms with Gasteiger partial charge >= 0.3 is 5.69 Å². The van der Waals surface area contributed by atoms with E-state index < -0.39 is 11.2 Å². The molecule has 0 bridgehead atoms. The van der Waals surface area contributed by atoms with E-state index in [1.165, 1.54) is 0 Å². The van der Waals surface area contributed by atoms with Crippen LogP contribution in [0.2, 0.25) is 5.02 Å². The lowest BCUT2D eigenvalue weighted by Gasteiger charge is -2.05. The number of aromatic amines is 2. The van der Waals surface area contributed by atoms with Gasteiger partial charge in [0.1, 0.15) is 16.3 Å². The Labute approximate surface area is 160 Å². The van der Waals surface area contributed by atoms with Crippen LogP contribution in [0.1, 0.15) is 11.1 Å². The third-order valence-electron chi connectivity index (χ3n) is 3.37. The number of H-pyrrole nitrogens is 2. The van der Waals surface area contributed by atoms with Crippen LogP contribution in [0, 0.1) is 11.3 Å². The molecule has 10 heteroatoms. The predicted octanol–water partition coefficient (Wildman–Crippen LogP) is 2.21. The Morgan fingerprint density at radius 3 is 2.88 bits per heavy atom. The number of amides is 1. The lowest BCUT2D eigenvalue weighted by atomic mass is 10.2. The van der Waals surface area contributed by atoms with Crippen LogP contribution < -0.4 is 16.6 Å². The van der Waals surface area contributed by atoms with Crippen molar-refractivity contribution in [2.24, 2.45) is 0 Å². The highest BCUT2D eigenvalue weighted by molar-refractivity contribution is 8.02. The first-order chi connectivity index (χ1) is 12.5. The summed E-state index contributed by atoms with van der Waals surface area (Å²) in [5, 5.41) is 12.7. The van der Waals surface area contributed by atoms with Gasteiger partial charge in [-0.05, 0) is 17.7 Å². The summed E-state index contributed by atoms with van der Waals surface area (Å²) in [4.78, 5) is 39.9. The van der Waals surface area contributed by atoms with Crippen LogP contribution in [-0.4, -0.2) is 21.6 Å². The number of carbonyl (C=O) groups is 1. The number of fused-ring (bicyclic) bond motifs is 1. The number of benzene rings is 1. The molecule has 132 valence electrons. The number of halogens is 1. The monoisotopic (exact) mass is 406 g/mol. The molecule has 0 saturated carbocycles. The fourth-order valence-corrected chi connectivity index (χ4v) is 4.59. The van der Waals surface area contributed by atoms with Crippen molar-refractivity contribution in [3.05, 3.63) is 61.3 Å². The average molecular weight is 407 g/mol. The van der Waals surface area contributed by atoms with Crippen molar-refractivity contribution in [2.45, 2.75) is 10.8 Å². The second-order valence-corrected chi connectivity index (χ2v) is 7.89. The molecular formula is C16H11ClN4O3S2. The molecule has 0 fully saturated rings.